The molecule has 0 radical (unpaired) electrons. The Bertz CT molecular complexity index is 605. The summed E-state index contributed by atoms with van der Waals surface area (Å²) in [6.07, 6.45) is 1.67. The fourth-order valence-corrected chi connectivity index (χ4v) is 1.49. The lowest BCUT2D eigenvalue weighted by molar-refractivity contribution is -0.384. The third-order valence-electron chi connectivity index (χ3n) is 2.46. The number of hydrogen-bond acceptors (Lipinski definition) is 5. The van der Waals surface area contributed by atoms with Crippen LogP contribution in [-0.4, -0.2) is 25.6 Å². The molecule has 8 nitrogen and oxygen atoms in total. The van der Waals surface area contributed by atoms with Crippen LogP contribution in [0.15, 0.2) is 30.6 Å². The Hall–Kier alpha value is -2.77. The minimum absolute atomic E-state index is 0.0110. The minimum Gasteiger partial charge on any atom is -0.370 e. The summed E-state index contributed by atoms with van der Waals surface area (Å²) in [4.78, 5) is 24.8. The molecule has 1 heterocycles. The summed E-state index contributed by atoms with van der Waals surface area (Å²) in [5.41, 5.74) is 5.72. The van der Waals surface area contributed by atoms with Crippen molar-refractivity contribution in [3.8, 4) is 11.4 Å². The fourth-order valence-electron chi connectivity index (χ4n) is 1.49. The van der Waals surface area contributed by atoms with Crippen LogP contribution < -0.4 is 5.73 Å². The van der Waals surface area contributed by atoms with Gasteiger partial charge in [-0.15, -0.1) is 0 Å². The monoisotopic (exact) mass is 261 g/mol. The van der Waals surface area contributed by atoms with Gasteiger partial charge >= 0.3 is 0 Å². The molecule has 0 bridgehead atoms. The van der Waals surface area contributed by atoms with Gasteiger partial charge in [0.25, 0.3) is 5.69 Å². The van der Waals surface area contributed by atoms with Gasteiger partial charge in [-0.05, 0) is 12.1 Å². The molecule has 19 heavy (non-hydrogen) atoms. The second-order valence-electron chi connectivity index (χ2n) is 3.85. The first-order valence-electron chi connectivity index (χ1n) is 5.49. The second kappa shape index (κ2) is 5.25. The van der Waals surface area contributed by atoms with Crippen LogP contribution in [-0.2, 0) is 11.3 Å². The smallest absolute Gasteiger partial charge is 0.269 e. The zero-order valence-electron chi connectivity index (χ0n) is 9.89. The molecule has 0 unspecified atom stereocenters. The second-order valence-corrected chi connectivity index (χ2v) is 3.85. The summed E-state index contributed by atoms with van der Waals surface area (Å²) in [5, 5.41) is 14.7. The van der Waals surface area contributed by atoms with Crippen molar-refractivity contribution < 1.29 is 9.72 Å². The van der Waals surface area contributed by atoms with Gasteiger partial charge in [0.15, 0.2) is 5.82 Å². The Morgan fingerprint density at radius 3 is 2.63 bits per heavy atom. The summed E-state index contributed by atoms with van der Waals surface area (Å²) >= 11 is 0. The fraction of sp³-hybridized carbons (Fsp3) is 0.182. The van der Waals surface area contributed by atoms with E-state index >= 15 is 0 Å². The van der Waals surface area contributed by atoms with Crippen molar-refractivity contribution >= 4 is 11.6 Å². The summed E-state index contributed by atoms with van der Waals surface area (Å²) in [5.74, 6) is 0.0340. The molecule has 0 saturated heterocycles. The van der Waals surface area contributed by atoms with Gasteiger partial charge < -0.3 is 5.73 Å². The number of nitro benzene ring substituents is 1. The Balaban J connectivity index is 2.13. The molecule has 0 spiro atoms. The number of aromatic nitrogens is 3. The number of nitrogens with zero attached hydrogens (tertiary/aromatic N) is 4. The Morgan fingerprint density at radius 1 is 1.37 bits per heavy atom. The number of carbonyl (C=O) groups is 1. The first-order valence-corrected chi connectivity index (χ1v) is 5.49. The van der Waals surface area contributed by atoms with Crippen molar-refractivity contribution in [2.75, 3.05) is 0 Å². The number of benzene rings is 1. The van der Waals surface area contributed by atoms with E-state index in [1.54, 1.807) is 12.1 Å². The van der Waals surface area contributed by atoms with Gasteiger partial charge in [-0.1, -0.05) is 0 Å². The third kappa shape index (κ3) is 3.12. The van der Waals surface area contributed by atoms with Crippen LogP contribution in [0.25, 0.3) is 11.4 Å². The molecule has 1 aromatic heterocycles. The van der Waals surface area contributed by atoms with E-state index in [9.17, 15) is 14.9 Å². The Kier molecular flexibility index (Phi) is 3.51. The predicted molar refractivity (Wildman–Crippen MR) is 65.9 cm³/mol. The number of carbonyl (C=O) groups excluding carboxylic acids is 1. The van der Waals surface area contributed by atoms with Crippen molar-refractivity contribution in [3.05, 3.63) is 40.7 Å². The van der Waals surface area contributed by atoms with Crippen LogP contribution in [0.3, 0.4) is 0 Å². The minimum atomic E-state index is -0.470. The maximum Gasteiger partial charge on any atom is 0.269 e. The SMILES string of the molecule is NC(=O)CCn1cnc(-c2ccc([N+](=O)[O-])cc2)n1. The van der Waals surface area contributed by atoms with E-state index in [1.165, 1.54) is 23.1 Å². The summed E-state index contributed by atoms with van der Waals surface area (Å²) in [7, 11) is 0. The van der Waals surface area contributed by atoms with Crippen molar-refractivity contribution in [2.24, 2.45) is 5.73 Å². The Morgan fingerprint density at radius 2 is 2.05 bits per heavy atom. The van der Waals surface area contributed by atoms with E-state index in [2.05, 4.69) is 10.1 Å². The van der Waals surface area contributed by atoms with Gasteiger partial charge in [0.2, 0.25) is 5.91 Å². The van der Waals surface area contributed by atoms with Crippen molar-refractivity contribution in [2.45, 2.75) is 13.0 Å². The van der Waals surface area contributed by atoms with Gasteiger partial charge in [0.05, 0.1) is 11.5 Å². The van der Waals surface area contributed by atoms with Crippen LogP contribution in [0, 0.1) is 10.1 Å². The van der Waals surface area contributed by atoms with Gasteiger partial charge in [0.1, 0.15) is 6.33 Å². The highest BCUT2D eigenvalue weighted by molar-refractivity contribution is 5.73. The van der Waals surface area contributed by atoms with Crippen molar-refractivity contribution in [1.82, 2.24) is 14.8 Å². The third-order valence-corrected chi connectivity index (χ3v) is 2.46. The van der Waals surface area contributed by atoms with E-state index in [4.69, 9.17) is 5.73 Å². The summed E-state index contributed by atoms with van der Waals surface area (Å²) in [6, 6.07) is 5.93. The highest BCUT2D eigenvalue weighted by Crippen LogP contribution is 2.18. The van der Waals surface area contributed by atoms with Gasteiger partial charge in [-0.2, -0.15) is 5.10 Å². The molecule has 0 atom stereocenters. The zero-order valence-corrected chi connectivity index (χ0v) is 9.89. The molecule has 1 amide bonds. The normalized spacial score (nSPS) is 10.3. The molecular formula is C11H11N5O3. The van der Waals surface area contributed by atoms with E-state index in [-0.39, 0.29) is 12.1 Å². The predicted octanol–water partition coefficient (Wildman–Crippen LogP) is 0.729. The highest BCUT2D eigenvalue weighted by atomic mass is 16.6. The largest absolute Gasteiger partial charge is 0.370 e. The molecule has 8 heteroatoms. The maximum absolute atomic E-state index is 10.6. The lowest BCUT2D eigenvalue weighted by Gasteiger charge is -1.97. The molecule has 0 aliphatic rings. The standard InChI is InChI=1S/C11H11N5O3/c12-10(17)5-6-15-7-13-11(14-15)8-1-3-9(4-2-8)16(18)19/h1-4,7H,5-6H2,(H2,12,17). The molecular weight excluding hydrogens is 250 g/mol. The number of non-ortho nitro benzene ring substituents is 1. The Labute approximate surface area is 108 Å². The van der Waals surface area contributed by atoms with Crippen molar-refractivity contribution in [3.63, 3.8) is 0 Å². The molecule has 0 saturated carbocycles. The lowest BCUT2D eigenvalue weighted by Crippen LogP contribution is -2.14. The molecule has 0 fully saturated rings. The number of aryl methyl sites for hydroxylation is 1. The molecule has 2 rings (SSSR count). The molecule has 0 aliphatic heterocycles. The molecule has 98 valence electrons. The molecule has 2 N–H and O–H groups in total. The highest BCUT2D eigenvalue weighted by Gasteiger charge is 2.08. The lowest BCUT2D eigenvalue weighted by atomic mass is 10.2. The molecule has 1 aromatic carbocycles. The number of nitro groups is 1. The maximum atomic E-state index is 10.6. The number of hydrogen-bond donors (Lipinski definition) is 1. The van der Waals surface area contributed by atoms with E-state index in [0.29, 0.717) is 17.9 Å². The molecule has 2 aromatic rings. The van der Waals surface area contributed by atoms with Gasteiger partial charge in [0, 0.05) is 24.1 Å². The quantitative estimate of drug-likeness (QED) is 0.628. The number of nitrogens with two attached hydrogens (primary N) is 1. The van der Waals surface area contributed by atoms with Crippen LogP contribution in [0.5, 0.6) is 0 Å². The van der Waals surface area contributed by atoms with Crippen molar-refractivity contribution in [1.29, 1.82) is 0 Å². The topological polar surface area (TPSA) is 117 Å². The molecule has 0 aliphatic carbocycles. The number of primary amides is 1. The first kappa shape index (κ1) is 12.7. The average molecular weight is 261 g/mol. The van der Waals surface area contributed by atoms with Gasteiger partial charge in [-0.3, -0.25) is 19.6 Å². The first-order chi connectivity index (χ1) is 9.06. The van der Waals surface area contributed by atoms with E-state index < -0.39 is 10.8 Å². The average Bonchev–Trinajstić information content (AvgIpc) is 2.85. The number of rotatable bonds is 5. The van der Waals surface area contributed by atoms with Crippen LogP contribution in [0.1, 0.15) is 6.42 Å². The van der Waals surface area contributed by atoms with Crippen LogP contribution in [0.4, 0.5) is 5.69 Å². The number of amides is 1. The van der Waals surface area contributed by atoms with Crippen LogP contribution >= 0.6 is 0 Å². The van der Waals surface area contributed by atoms with E-state index in [1.807, 2.05) is 0 Å². The summed E-state index contributed by atoms with van der Waals surface area (Å²) in [6.45, 7) is 0.356. The summed E-state index contributed by atoms with van der Waals surface area (Å²) < 4.78 is 1.50. The van der Waals surface area contributed by atoms with E-state index in [0.717, 1.165) is 0 Å². The van der Waals surface area contributed by atoms with Crippen LogP contribution in [0.2, 0.25) is 0 Å². The zero-order chi connectivity index (χ0) is 13.8. The van der Waals surface area contributed by atoms with Gasteiger partial charge in [-0.25, -0.2) is 4.98 Å².